The van der Waals surface area contributed by atoms with Crippen LogP contribution in [0.25, 0.3) is 0 Å². The predicted octanol–water partition coefficient (Wildman–Crippen LogP) is 2.17. The molecule has 0 radical (unpaired) electrons. The molecule has 1 rings (SSSR count). The number of hydrogen-bond donors (Lipinski definition) is 1. The summed E-state index contributed by atoms with van der Waals surface area (Å²) in [6.07, 6.45) is 6.92. The van der Waals surface area contributed by atoms with Gasteiger partial charge in [0.2, 0.25) is 5.91 Å². The maximum atomic E-state index is 12.0. The molecule has 0 saturated heterocycles. The highest BCUT2D eigenvalue weighted by atomic mass is 16.2. The van der Waals surface area contributed by atoms with Gasteiger partial charge in [-0.3, -0.25) is 4.79 Å². The number of hydrogen-bond acceptors (Lipinski definition) is 2. The second kappa shape index (κ2) is 6.89. The summed E-state index contributed by atoms with van der Waals surface area (Å²) in [7, 11) is 1.97. The fourth-order valence-corrected chi connectivity index (χ4v) is 2.50. The molecule has 1 aliphatic rings. The van der Waals surface area contributed by atoms with E-state index in [2.05, 4.69) is 19.2 Å². The molecule has 1 saturated carbocycles. The average Bonchev–Trinajstić information content (AvgIpc) is 2.29. The molecule has 0 spiro atoms. The molecule has 0 aliphatic heterocycles. The number of amides is 1. The normalized spacial score (nSPS) is 19.4. The third-order valence-corrected chi connectivity index (χ3v) is 3.55. The van der Waals surface area contributed by atoms with Crippen LogP contribution >= 0.6 is 0 Å². The molecule has 1 N–H and O–H groups in total. The summed E-state index contributed by atoms with van der Waals surface area (Å²) >= 11 is 0. The first-order valence-corrected chi connectivity index (χ1v) is 6.64. The number of rotatable bonds is 5. The molecular weight excluding hydrogens is 200 g/mol. The molecule has 0 aromatic heterocycles. The number of nitrogens with zero attached hydrogens (tertiary/aromatic N) is 1. The Morgan fingerprint density at radius 3 is 2.56 bits per heavy atom. The SMILES string of the molecule is CCNC(C)CC(=O)N(C)C1CCCCC1. The van der Waals surface area contributed by atoms with Crippen molar-refractivity contribution in [3.8, 4) is 0 Å². The number of carbonyl (C=O) groups excluding carboxylic acids is 1. The van der Waals surface area contributed by atoms with Crippen molar-refractivity contribution in [3.05, 3.63) is 0 Å². The summed E-state index contributed by atoms with van der Waals surface area (Å²) in [6.45, 7) is 5.09. The number of nitrogens with one attached hydrogen (secondary N) is 1. The monoisotopic (exact) mass is 226 g/mol. The Balaban J connectivity index is 2.34. The van der Waals surface area contributed by atoms with Crippen LogP contribution in [0, 0.1) is 0 Å². The van der Waals surface area contributed by atoms with Crippen molar-refractivity contribution in [1.82, 2.24) is 10.2 Å². The van der Waals surface area contributed by atoms with Crippen molar-refractivity contribution in [2.24, 2.45) is 0 Å². The molecular formula is C13H26N2O. The van der Waals surface area contributed by atoms with Crippen LogP contribution in [0.2, 0.25) is 0 Å². The minimum absolute atomic E-state index is 0.292. The summed E-state index contributed by atoms with van der Waals surface area (Å²) in [6, 6.07) is 0.790. The zero-order valence-corrected chi connectivity index (χ0v) is 11.0. The van der Waals surface area contributed by atoms with Gasteiger partial charge in [-0.25, -0.2) is 0 Å². The Kier molecular flexibility index (Phi) is 5.81. The third kappa shape index (κ3) is 4.12. The van der Waals surface area contributed by atoms with E-state index < -0.39 is 0 Å². The van der Waals surface area contributed by atoms with Gasteiger partial charge in [0, 0.05) is 25.6 Å². The van der Waals surface area contributed by atoms with E-state index in [1.165, 1.54) is 32.1 Å². The lowest BCUT2D eigenvalue weighted by Gasteiger charge is -2.32. The molecule has 1 atom stereocenters. The lowest BCUT2D eigenvalue weighted by molar-refractivity contribution is -0.133. The molecule has 0 bridgehead atoms. The van der Waals surface area contributed by atoms with Crippen LogP contribution in [-0.2, 0) is 4.79 Å². The molecule has 0 aromatic rings. The Bertz CT molecular complexity index is 212. The zero-order chi connectivity index (χ0) is 12.0. The van der Waals surface area contributed by atoms with E-state index in [-0.39, 0.29) is 0 Å². The summed E-state index contributed by atoms with van der Waals surface area (Å²) < 4.78 is 0. The highest BCUT2D eigenvalue weighted by Crippen LogP contribution is 2.22. The Hall–Kier alpha value is -0.570. The fraction of sp³-hybridized carbons (Fsp3) is 0.923. The first-order valence-electron chi connectivity index (χ1n) is 6.64. The van der Waals surface area contributed by atoms with Gasteiger partial charge in [-0.05, 0) is 26.3 Å². The predicted molar refractivity (Wildman–Crippen MR) is 67.4 cm³/mol. The molecule has 1 aliphatic carbocycles. The van der Waals surface area contributed by atoms with E-state index in [9.17, 15) is 4.79 Å². The molecule has 0 heterocycles. The maximum Gasteiger partial charge on any atom is 0.224 e. The smallest absolute Gasteiger partial charge is 0.224 e. The quantitative estimate of drug-likeness (QED) is 0.779. The van der Waals surface area contributed by atoms with Crippen molar-refractivity contribution >= 4 is 5.91 Å². The summed E-state index contributed by atoms with van der Waals surface area (Å²) in [5.74, 6) is 0.292. The van der Waals surface area contributed by atoms with Gasteiger partial charge in [-0.15, -0.1) is 0 Å². The van der Waals surface area contributed by atoms with E-state index in [1.807, 2.05) is 11.9 Å². The Labute approximate surface area is 99.6 Å². The molecule has 1 unspecified atom stereocenters. The van der Waals surface area contributed by atoms with E-state index in [1.54, 1.807) is 0 Å². The Morgan fingerprint density at radius 1 is 1.38 bits per heavy atom. The lowest BCUT2D eigenvalue weighted by atomic mass is 9.94. The van der Waals surface area contributed by atoms with Crippen LogP contribution in [0.5, 0.6) is 0 Å². The molecule has 3 nitrogen and oxygen atoms in total. The molecule has 1 amide bonds. The fourth-order valence-electron chi connectivity index (χ4n) is 2.50. The van der Waals surface area contributed by atoms with Crippen molar-refractivity contribution in [3.63, 3.8) is 0 Å². The largest absolute Gasteiger partial charge is 0.343 e. The van der Waals surface area contributed by atoms with E-state index in [0.29, 0.717) is 24.4 Å². The minimum Gasteiger partial charge on any atom is -0.343 e. The highest BCUT2D eigenvalue weighted by Gasteiger charge is 2.22. The van der Waals surface area contributed by atoms with E-state index in [4.69, 9.17) is 0 Å². The Morgan fingerprint density at radius 2 is 2.00 bits per heavy atom. The van der Waals surface area contributed by atoms with Gasteiger partial charge < -0.3 is 10.2 Å². The van der Waals surface area contributed by atoms with Gasteiger partial charge in [0.05, 0.1) is 0 Å². The minimum atomic E-state index is 0.292. The second-order valence-electron chi connectivity index (χ2n) is 4.96. The van der Waals surface area contributed by atoms with Gasteiger partial charge in [-0.1, -0.05) is 26.2 Å². The van der Waals surface area contributed by atoms with Crippen LogP contribution in [0.15, 0.2) is 0 Å². The van der Waals surface area contributed by atoms with Crippen LogP contribution in [0.1, 0.15) is 52.4 Å². The molecule has 1 fully saturated rings. The van der Waals surface area contributed by atoms with Gasteiger partial charge in [0.25, 0.3) is 0 Å². The van der Waals surface area contributed by atoms with Crippen LogP contribution in [0.3, 0.4) is 0 Å². The molecule has 3 heteroatoms. The van der Waals surface area contributed by atoms with Crippen LogP contribution in [0.4, 0.5) is 0 Å². The zero-order valence-electron chi connectivity index (χ0n) is 11.0. The average molecular weight is 226 g/mol. The van der Waals surface area contributed by atoms with Gasteiger partial charge >= 0.3 is 0 Å². The molecule has 0 aromatic carbocycles. The van der Waals surface area contributed by atoms with Crippen molar-refractivity contribution in [2.75, 3.05) is 13.6 Å². The summed E-state index contributed by atoms with van der Waals surface area (Å²) in [4.78, 5) is 14.0. The summed E-state index contributed by atoms with van der Waals surface area (Å²) in [5.41, 5.74) is 0. The maximum absolute atomic E-state index is 12.0. The third-order valence-electron chi connectivity index (χ3n) is 3.55. The lowest BCUT2D eigenvalue weighted by Crippen LogP contribution is -2.41. The molecule has 16 heavy (non-hydrogen) atoms. The van der Waals surface area contributed by atoms with Gasteiger partial charge in [-0.2, -0.15) is 0 Å². The van der Waals surface area contributed by atoms with E-state index in [0.717, 1.165) is 6.54 Å². The van der Waals surface area contributed by atoms with Crippen molar-refractivity contribution in [1.29, 1.82) is 0 Å². The van der Waals surface area contributed by atoms with Crippen LogP contribution < -0.4 is 5.32 Å². The highest BCUT2D eigenvalue weighted by molar-refractivity contribution is 5.76. The van der Waals surface area contributed by atoms with Crippen LogP contribution in [-0.4, -0.2) is 36.5 Å². The number of carbonyl (C=O) groups is 1. The first kappa shape index (κ1) is 13.5. The van der Waals surface area contributed by atoms with Crippen molar-refractivity contribution < 1.29 is 4.79 Å². The standard InChI is InChI=1S/C13H26N2O/c1-4-14-11(2)10-13(16)15(3)12-8-6-5-7-9-12/h11-12,14H,4-10H2,1-3H3. The van der Waals surface area contributed by atoms with Gasteiger partial charge in [0.1, 0.15) is 0 Å². The molecule has 94 valence electrons. The topological polar surface area (TPSA) is 32.3 Å². The second-order valence-corrected chi connectivity index (χ2v) is 4.96. The van der Waals surface area contributed by atoms with Crippen molar-refractivity contribution in [2.45, 2.75) is 64.5 Å². The summed E-state index contributed by atoms with van der Waals surface area (Å²) in [5, 5.41) is 3.29. The van der Waals surface area contributed by atoms with Gasteiger partial charge in [0.15, 0.2) is 0 Å². The van der Waals surface area contributed by atoms with E-state index >= 15 is 0 Å². The first-order chi connectivity index (χ1) is 7.65.